The van der Waals surface area contributed by atoms with E-state index in [9.17, 15) is 4.79 Å². The van der Waals surface area contributed by atoms with Gasteiger partial charge in [-0.1, -0.05) is 24.3 Å². The normalized spacial score (nSPS) is 11.4. The quantitative estimate of drug-likeness (QED) is 0.0955. The maximum absolute atomic E-state index is 12.1. The second-order valence-electron chi connectivity index (χ2n) is 11.4. The number of benzene rings is 1. The van der Waals surface area contributed by atoms with Gasteiger partial charge in [-0.25, -0.2) is 0 Å². The molecule has 0 atom stereocenters. The lowest BCUT2D eigenvalue weighted by atomic mass is 10.1. The molecule has 0 saturated heterocycles. The summed E-state index contributed by atoms with van der Waals surface area (Å²) in [4.78, 5) is 12.1. The van der Waals surface area contributed by atoms with Crippen molar-refractivity contribution in [3.63, 3.8) is 0 Å². The molecule has 1 aromatic carbocycles. The topological polar surface area (TPSA) is 191 Å². The maximum atomic E-state index is 12.1. The highest BCUT2D eigenvalue weighted by molar-refractivity contribution is 5.76. The molecule has 0 aliphatic heterocycles. The van der Waals surface area contributed by atoms with Gasteiger partial charge in [-0.15, -0.1) is 20.4 Å². The van der Waals surface area contributed by atoms with Gasteiger partial charge in [0.05, 0.1) is 152 Å². The van der Waals surface area contributed by atoms with Crippen molar-refractivity contribution in [1.82, 2.24) is 25.7 Å². The zero-order chi connectivity index (χ0) is 39.1. The minimum absolute atomic E-state index is 0.0868. The van der Waals surface area contributed by atoms with E-state index in [0.29, 0.717) is 177 Å². The molecule has 0 aliphatic carbocycles. The summed E-state index contributed by atoms with van der Waals surface area (Å²) < 4.78 is 65.3. The number of carbonyl (C=O) groups is 1. The molecule has 0 spiro atoms. The third-order valence-electron chi connectivity index (χ3n) is 7.05. The van der Waals surface area contributed by atoms with Crippen molar-refractivity contribution in [2.75, 3.05) is 159 Å². The van der Waals surface area contributed by atoms with Gasteiger partial charge in [-0.05, 0) is 19.4 Å². The molecule has 314 valence electrons. The SMILES string of the molecule is CCOCCOCCOCCOCCOCCOCCOCCOCCOCCOCCOCCOCCC(=O)NCc1ccc(-c2nnc(C)nn2)cc1. The van der Waals surface area contributed by atoms with Crippen molar-refractivity contribution in [1.29, 1.82) is 0 Å². The van der Waals surface area contributed by atoms with Crippen LogP contribution >= 0.6 is 0 Å². The van der Waals surface area contributed by atoms with E-state index in [4.69, 9.17) is 56.8 Å². The molecule has 2 rings (SSSR count). The second kappa shape index (κ2) is 36.8. The summed E-state index contributed by atoms with van der Waals surface area (Å²) >= 11 is 0. The Kier molecular flexibility index (Phi) is 32.3. The zero-order valence-electron chi connectivity index (χ0n) is 32.8. The average Bonchev–Trinajstić information content (AvgIpc) is 3.20. The lowest BCUT2D eigenvalue weighted by molar-refractivity contribution is -0.122. The minimum atomic E-state index is -0.0868. The molecular weight excluding hydrogens is 722 g/mol. The zero-order valence-corrected chi connectivity index (χ0v) is 32.8. The van der Waals surface area contributed by atoms with E-state index in [0.717, 1.165) is 11.1 Å². The average molecular weight is 786 g/mol. The van der Waals surface area contributed by atoms with Gasteiger partial charge >= 0.3 is 0 Å². The van der Waals surface area contributed by atoms with E-state index in [1.165, 1.54) is 0 Å². The number of ether oxygens (including phenoxy) is 12. The molecule has 0 unspecified atom stereocenters. The molecule has 0 bridgehead atoms. The lowest BCUT2D eigenvalue weighted by Crippen LogP contribution is -2.24. The highest BCUT2D eigenvalue weighted by atomic mass is 16.6. The molecule has 0 aliphatic rings. The summed E-state index contributed by atoms with van der Waals surface area (Å²) in [7, 11) is 0. The van der Waals surface area contributed by atoms with E-state index >= 15 is 0 Å². The van der Waals surface area contributed by atoms with Crippen molar-refractivity contribution < 1.29 is 61.6 Å². The van der Waals surface area contributed by atoms with E-state index < -0.39 is 0 Å². The van der Waals surface area contributed by atoms with Gasteiger partial charge in [-0.3, -0.25) is 4.79 Å². The van der Waals surface area contributed by atoms with Crippen molar-refractivity contribution in [3.05, 3.63) is 35.7 Å². The molecule has 0 saturated carbocycles. The third-order valence-corrected chi connectivity index (χ3v) is 7.05. The second-order valence-corrected chi connectivity index (χ2v) is 11.4. The van der Waals surface area contributed by atoms with Crippen LogP contribution in [0.1, 0.15) is 24.7 Å². The smallest absolute Gasteiger partial charge is 0.222 e. The fourth-order valence-electron chi connectivity index (χ4n) is 4.18. The first-order valence-electron chi connectivity index (χ1n) is 19.0. The molecular formula is C37H63N5O13. The number of nitrogens with one attached hydrogen (secondary N) is 1. The number of hydrogen-bond acceptors (Lipinski definition) is 17. The summed E-state index contributed by atoms with van der Waals surface area (Å²) in [5.41, 5.74) is 1.77. The summed E-state index contributed by atoms with van der Waals surface area (Å²) in [6, 6.07) is 7.56. The van der Waals surface area contributed by atoms with Gasteiger partial charge in [0.1, 0.15) is 0 Å². The Morgan fingerprint density at radius 3 is 1.09 bits per heavy atom. The monoisotopic (exact) mass is 785 g/mol. The van der Waals surface area contributed by atoms with Gasteiger partial charge < -0.3 is 62.2 Å². The van der Waals surface area contributed by atoms with Crippen LogP contribution in [-0.2, 0) is 68.2 Å². The Morgan fingerprint density at radius 1 is 0.455 bits per heavy atom. The molecule has 1 amide bonds. The van der Waals surface area contributed by atoms with E-state index in [1.54, 1.807) is 6.92 Å². The highest BCUT2D eigenvalue weighted by Crippen LogP contribution is 2.14. The third kappa shape index (κ3) is 30.0. The van der Waals surface area contributed by atoms with Crippen molar-refractivity contribution >= 4 is 5.91 Å². The highest BCUT2D eigenvalue weighted by Gasteiger charge is 2.05. The van der Waals surface area contributed by atoms with Crippen molar-refractivity contribution in [3.8, 4) is 11.4 Å². The van der Waals surface area contributed by atoms with Gasteiger partial charge in [0.25, 0.3) is 0 Å². The summed E-state index contributed by atoms with van der Waals surface area (Å²) in [5, 5.41) is 18.8. The van der Waals surface area contributed by atoms with Crippen molar-refractivity contribution in [2.45, 2.75) is 26.8 Å². The Morgan fingerprint density at radius 2 is 0.764 bits per heavy atom. The van der Waals surface area contributed by atoms with E-state index in [1.807, 2.05) is 31.2 Å². The molecule has 0 fully saturated rings. The fraction of sp³-hybridized carbons (Fsp3) is 0.757. The van der Waals surface area contributed by atoms with Gasteiger partial charge in [0.2, 0.25) is 11.7 Å². The first-order valence-corrected chi connectivity index (χ1v) is 19.0. The number of carbonyl (C=O) groups excluding carboxylic acids is 1. The molecule has 18 nitrogen and oxygen atoms in total. The van der Waals surface area contributed by atoms with Crippen LogP contribution in [0.15, 0.2) is 24.3 Å². The first kappa shape index (κ1) is 48.3. The number of nitrogens with zero attached hydrogens (tertiary/aromatic N) is 4. The summed E-state index contributed by atoms with van der Waals surface area (Å²) in [5.74, 6) is 0.887. The Hall–Kier alpha value is -2.85. The van der Waals surface area contributed by atoms with Gasteiger partial charge in [0, 0.05) is 25.1 Å². The molecule has 2 aromatic rings. The molecule has 1 heterocycles. The number of rotatable bonds is 40. The van der Waals surface area contributed by atoms with E-state index in [2.05, 4.69) is 25.7 Å². The maximum Gasteiger partial charge on any atom is 0.222 e. The number of aromatic nitrogens is 4. The van der Waals surface area contributed by atoms with Crippen LogP contribution in [0.2, 0.25) is 0 Å². The molecule has 55 heavy (non-hydrogen) atoms. The van der Waals surface area contributed by atoms with Crippen LogP contribution in [0, 0.1) is 6.92 Å². The Labute approximate surface area is 325 Å². The molecule has 18 heteroatoms. The molecule has 1 aromatic heterocycles. The largest absolute Gasteiger partial charge is 0.379 e. The van der Waals surface area contributed by atoms with Crippen LogP contribution in [0.4, 0.5) is 0 Å². The lowest BCUT2D eigenvalue weighted by Gasteiger charge is -2.09. The number of aryl methyl sites for hydroxylation is 1. The van der Waals surface area contributed by atoms with Crippen LogP contribution in [0.25, 0.3) is 11.4 Å². The number of amides is 1. The first-order chi connectivity index (χ1) is 27.2. The standard InChI is InChI=1S/C37H63N5O13/c1-3-44-10-11-46-14-15-48-18-19-50-22-23-52-26-27-54-30-31-55-29-28-53-25-24-51-21-20-49-17-16-47-13-12-45-9-8-36(43)38-32-34-4-6-35(7-5-34)37-41-39-33(2)40-42-37/h4-7H,3,8-32H2,1-2H3,(H,38,43). The van der Waals surface area contributed by atoms with E-state index in [-0.39, 0.29) is 12.3 Å². The minimum Gasteiger partial charge on any atom is -0.379 e. The van der Waals surface area contributed by atoms with Crippen molar-refractivity contribution in [2.24, 2.45) is 0 Å². The summed E-state index contributed by atoms with van der Waals surface area (Å²) in [6.07, 6.45) is 0.270. The Bertz CT molecular complexity index is 1140. The molecule has 1 N–H and O–H groups in total. The predicted octanol–water partition coefficient (Wildman–Crippen LogP) is 1.47. The van der Waals surface area contributed by atoms with Crippen LogP contribution < -0.4 is 5.32 Å². The fourth-order valence-corrected chi connectivity index (χ4v) is 4.18. The summed E-state index contributed by atoms with van der Waals surface area (Å²) in [6.45, 7) is 16.1. The van der Waals surface area contributed by atoms with Gasteiger partial charge in [-0.2, -0.15) is 0 Å². The van der Waals surface area contributed by atoms with Crippen LogP contribution in [0.5, 0.6) is 0 Å². The number of hydrogen-bond donors (Lipinski definition) is 1. The molecule has 0 radical (unpaired) electrons. The van der Waals surface area contributed by atoms with Crippen LogP contribution in [0.3, 0.4) is 0 Å². The Balaban J connectivity index is 1.19. The van der Waals surface area contributed by atoms with Crippen LogP contribution in [-0.4, -0.2) is 185 Å². The predicted molar refractivity (Wildman–Crippen MR) is 200 cm³/mol. The van der Waals surface area contributed by atoms with Gasteiger partial charge in [0.15, 0.2) is 5.82 Å².